The molecule has 2 heteroatoms. The van der Waals surface area contributed by atoms with E-state index in [1.807, 2.05) is 11.3 Å². The molecular weight excluding hydrogens is 190 g/mol. The summed E-state index contributed by atoms with van der Waals surface area (Å²) in [5.74, 6) is 0. The summed E-state index contributed by atoms with van der Waals surface area (Å²) >= 11 is 1.98. The summed E-state index contributed by atoms with van der Waals surface area (Å²) in [6, 6.07) is 0.811. The first kappa shape index (κ1) is 10.2. The Bertz CT molecular complexity index is 314. The SMILES string of the molecule is CCC(C)[NH+]1Cc2c(C)sc(C)c2C1. The minimum Gasteiger partial charge on any atom is -0.325 e. The van der Waals surface area contributed by atoms with E-state index in [1.54, 1.807) is 25.8 Å². The smallest absolute Gasteiger partial charge is 0.105 e. The monoisotopic (exact) mass is 210 g/mol. The van der Waals surface area contributed by atoms with Crippen LogP contribution in [0.5, 0.6) is 0 Å². The summed E-state index contributed by atoms with van der Waals surface area (Å²) in [7, 11) is 0. The summed E-state index contributed by atoms with van der Waals surface area (Å²) < 4.78 is 0. The summed E-state index contributed by atoms with van der Waals surface area (Å²) in [5, 5.41) is 0. The molecule has 0 radical (unpaired) electrons. The lowest BCUT2D eigenvalue weighted by molar-refractivity contribution is -0.943. The molecular formula is C12H20NS+. The lowest BCUT2D eigenvalue weighted by Gasteiger charge is -2.19. The highest BCUT2D eigenvalue weighted by molar-refractivity contribution is 7.12. The molecule has 1 unspecified atom stereocenters. The third-order valence-electron chi connectivity index (χ3n) is 3.64. The van der Waals surface area contributed by atoms with E-state index in [0.717, 1.165) is 6.04 Å². The molecule has 2 heterocycles. The number of rotatable bonds is 2. The van der Waals surface area contributed by atoms with Crippen molar-refractivity contribution in [2.45, 2.75) is 53.2 Å². The lowest BCUT2D eigenvalue weighted by atomic mass is 10.2. The minimum absolute atomic E-state index is 0.811. The zero-order chi connectivity index (χ0) is 10.3. The number of hydrogen-bond donors (Lipinski definition) is 1. The van der Waals surface area contributed by atoms with Gasteiger partial charge in [-0.1, -0.05) is 6.92 Å². The van der Waals surface area contributed by atoms with Gasteiger partial charge in [0, 0.05) is 20.9 Å². The Morgan fingerprint density at radius 3 is 2.14 bits per heavy atom. The molecule has 1 aliphatic heterocycles. The maximum absolute atomic E-state index is 2.37. The maximum Gasteiger partial charge on any atom is 0.105 e. The molecule has 0 aromatic carbocycles. The third kappa shape index (κ3) is 1.51. The molecule has 0 bridgehead atoms. The number of thiophene rings is 1. The van der Waals surface area contributed by atoms with E-state index in [2.05, 4.69) is 27.7 Å². The van der Waals surface area contributed by atoms with Gasteiger partial charge in [-0.05, 0) is 27.2 Å². The van der Waals surface area contributed by atoms with E-state index in [4.69, 9.17) is 0 Å². The van der Waals surface area contributed by atoms with Gasteiger partial charge in [-0.25, -0.2) is 0 Å². The Morgan fingerprint density at radius 2 is 1.71 bits per heavy atom. The van der Waals surface area contributed by atoms with Crippen molar-refractivity contribution in [2.24, 2.45) is 0 Å². The average Bonchev–Trinajstić information content (AvgIpc) is 2.69. The zero-order valence-electron chi connectivity index (χ0n) is 9.61. The van der Waals surface area contributed by atoms with Gasteiger partial charge in [0.2, 0.25) is 0 Å². The van der Waals surface area contributed by atoms with Crippen LogP contribution >= 0.6 is 11.3 Å². The van der Waals surface area contributed by atoms with Gasteiger partial charge in [0.25, 0.3) is 0 Å². The second-order valence-corrected chi connectivity index (χ2v) is 5.92. The Hall–Kier alpha value is -0.340. The van der Waals surface area contributed by atoms with Crippen molar-refractivity contribution in [3.05, 3.63) is 20.9 Å². The molecule has 0 spiro atoms. The molecule has 0 fully saturated rings. The van der Waals surface area contributed by atoms with Crippen LogP contribution in [0.15, 0.2) is 0 Å². The van der Waals surface area contributed by atoms with Crippen LogP contribution < -0.4 is 4.90 Å². The van der Waals surface area contributed by atoms with Gasteiger partial charge in [0.15, 0.2) is 0 Å². The molecule has 78 valence electrons. The molecule has 1 aromatic heterocycles. The van der Waals surface area contributed by atoms with Crippen LogP contribution in [0.1, 0.15) is 41.1 Å². The van der Waals surface area contributed by atoms with Crippen LogP contribution in [0.4, 0.5) is 0 Å². The standard InChI is InChI=1S/C12H19NS/c1-5-8(2)13-6-11-9(3)14-10(4)12(11)7-13/h8H,5-7H2,1-4H3/p+1. The highest BCUT2D eigenvalue weighted by Gasteiger charge is 2.30. The fraction of sp³-hybridized carbons (Fsp3) is 0.667. The Kier molecular flexibility index (Phi) is 2.67. The van der Waals surface area contributed by atoms with Crippen LogP contribution in [0.3, 0.4) is 0 Å². The van der Waals surface area contributed by atoms with Crippen LogP contribution in [0.25, 0.3) is 0 Å². The van der Waals surface area contributed by atoms with E-state index in [-0.39, 0.29) is 0 Å². The van der Waals surface area contributed by atoms with Crippen LogP contribution in [0.2, 0.25) is 0 Å². The predicted octanol–water partition coefficient (Wildman–Crippen LogP) is 2.06. The molecule has 0 amide bonds. The topological polar surface area (TPSA) is 4.44 Å². The largest absolute Gasteiger partial charge is 0.325 e. The normalized spacial score (nSPS) is 18.6. The van der Waals surface area contributed by atoms with Gasteiger partial charge >= 0.3 is 0 Å². The van der Waals surface area contributed by atoms with Crippen LogP contribution in [-0.4, -0.2) is 6.04 Å². The molecule has 1 atom stereocenters. The highest BCUT2D eigenvalue weighted by Crippen LogP contribution is 2.28. The first-order valence-electron chi connectivity index (χ1n) is 5.55. The Morgan fingerprint density at radius 1 is 1.21 bits per heavy atom. The van der Waals surface area contributed by atoms with Crippen LogP contribution in [0, 0.1) is 13.8 Å². The van der Waals surface area contributed by atoms with E-state index in [1.165, 1.54) is 19.5 Å². The molecule has 0 aliphatic carbocycles. The van der Waals surface area contributed by atoms with E-state index in [9.17, 15) is 0 Å². The molecule has 1 aromatic rings. The molecule has 14 heavy (non-hydrogen) atoms. The molecule has 0 saturated carbocycles. The quantitative estimate of drug-likeness (QED) is 0.762. The fourth-order valence-electron chi connectivity index (χ4n) is 2.39. The van der Waals surface area contributed by atoms with Gasteiger partial charge in [-0.3, -0.25) is 0 Å². The van der Waals surface area contributed by atoms with Crippen molar-refractivity contribution < 1.29 is 4.90 Å². The van der Waals surface area contributed by atoms with E-state index < -0.39 is 0 Å². The first-order valence-corrected chi connectivity index (χ1v) is 6.37. The van der Waals surface area contributed by atoms with Crippen molar-refractivity contribution >= 4 is 11.3 Å². The summed E-state index contributed by atoms with van der Waals surface area (Å²) in [5.41, 5.74) is 3.31. The second kappa shape index (κ2) is 3.67. The highest BCUT2D eigenvalue weighted by atomic mass is 32.1. The van der Waals surface area contributed by atoms with Gasteiger partial charge in [-0.2, -0.15) is 0 Å². The molecule has 1 nitrogen and oxygen atoms in total. The second-order valence-electron chi connectivity index (χ2n) is 4.49. The van der Waals surface area contributed by atoms with E-state index in [0.29, 0.717) is 0 Å². The Labute approximate surface area is 90.7 Å². The van der Waals surface area contributed by atoms with Gasteiger partial charge in [0.1, 0.15) is 13.1 Å². The predicted molar refractivity (Wildman–Crippen MR) is 61.9 cm³/mol. The van der Waals surface area contributed by atoms with Crippen molar-refractivity contribution in [3.8, 4) is 0 Å². The summed E-state index contributed by atoms with van der Waals surface area (Å²) in [6.07, 6.45) is 1.29. The molecule has 2 rings (SSSR count). The number of aryl methyl sites for hydroxylation is 2. The third-order valence-corrected chi connectivity index (χ3v) is 4.74. The van der Waals surface area contributed by atoms with Crippen LogP contribution in [-0.2, 0) is 13.1 Å². The van der Waals surface area contributed by atoms with Gasteiger partial charge in [-0.15, -0.1) is 11.3 Å². The van der Waals surface area contributed by atoms with Crippen molar-refractivity contribution in [1.29, 1.82) is 0 Å². The molecule has 1 N–H and O–H groups in total. The molecule has 0 saturated heterocycles. The fourth-order valence-corrected chi connectivity index (χ4v) is 3.49. The number of fused-ring (bicyclic) bond motifs is 1. The van der Waals surface area contributed by atoms with E-state index >= 15 is 0 Å². The Balaban J connectivity index is 2.22. The van der Waals surface area contributed by atoms with Gasteiger partial charge < -0.3 is 4.90 Å². The average molecular weight is 210 g/mol. The lowest BCUT2D eigenvalue weighted by Crippen LogP contribution is -3.11. The van der Waals surface area contributed by atoms with Crippen molar-refractivity contribution in [3.63, 3.8) is 0 Å². The number of hydrogen-bond acceptors (Lipinski definition) is 1. The molecule has 1 aliphatic rings. The zero-order valence-corrected chi connectivity index (χ0v) is 10.4. The van der Waals surface area contributed by atoms with Crippen molar-refractivity contribution in [2.75, 3.05) is 0 Å². The minimum atomic E-state index is 0.811. The van der Waals surface area contributed by atoms with Crippen molar-refractivity contribution in [1.82, 2.24) is 0 Å². The number of nitrogens with one attached hydrogen (secondary N) is 1. The summed E-state index contributed by atoms with van der Waals surface area (Å²) in [4.78, 5) is 4.86. The maximum atomic E-state index is 2.37. The van der Waals surface area contributed by atoms with Gasteiger partial charge in [0.05, 0.1) is 6.04 Å². The summed E-state index contributed by atoms with van der Waals surface area (Å²) in [6.45, 7) is 11.7. The number of quaternary nitrogens is 1. The first-order chi connectivity index (χ1) is 6.63.